The minimum absolute atomic E-state index is 0.173. The maximum Gasteiger partial charge on any atom is 0.417 e. The van der Waals surface area contributed by atoms with Crippen LogP contribution in [-0.2, 0) is 19.1 Å². The van der Waals surface area contributed by atoms with Crippen molar-refractivity contribution < 1.29 is 24.2 Å². The number of carboxylic acid groups (broad SMARTS) is 1. The molecule has 102 valence electrons. The summed E-state index contributed by atoms with van der Waals surface area (Å²) in [5, 5.41) is 8.46. The van der Waals surface area contributed by atoms with Gasteiger partial charge >= 0.3 is 11.9 Å². The average molecular weight is 256 g/mol. The number of hydrogen-bond donors (Lipinski definition) is 1. The minimum Gasteiger partial charge on any atom is -0.473 e. The van der Waals surface area contributed by atoms with Gasteiger partial charge < -0.3 is 14.6 Å². The van der Waals surface area contributed by atoms with Crippen molar-refractivity contribution in [3.63, 3.8) is 0 Å². The van der Waals surface area contributed by atoms with Crippen molar-refractivity contribution in [3.05, 3.63) is 0 Å². The van der Waals surface area contributed by atoms with E-state index in [1.165, 1.54) is 0 Å². The second-order valence-electron chi connectivity index (χ2n) is 4.49. The van der Waals surface area contributed by atoms with Crippen LogP contribution in [0.3, 0.4) is 0 Å². The number of carbonyl (C=O) groups excluding carboxylic acids is 1. The maximum absolute atomic E-state index is 11.0. The molecule has 5 heteroatoms. The van der Waals surface area contributed by atoms with Crippen molar-refractivity contribution in [1.29, 1.82) is 0 Å². The van der Waals surface area contributed by atoms with Gasteiger partial charge in [-0.3, -0.25) is 0 Å². The minimum atomic E-state index is -1.59. The quantitative estimate of drug-likeness (QED) is 0.459. The second kappa shape index (κ2) is 7.72. The van der Waals surface area contributed by atoms with Gasteiger partial charge in [0.2, 0.25) is 0 Å². The lowest BCUT2D eigenvalue weighted by molar-refractivity contribution is -0.174. The van der Waals surface area contributed by atoms with Crippen molar-refractivity contribution in [2.24, 2.45) is 0 Å². The van der Waals surface area contributed by atoms with E-state index >= 15 is 0 Å². The first-order chi connectivity index (χ1) is 8.28. The second-order valence-corrected chi connectivity index (χ2v) is 4.49. The van der Waals surface area contributed by atoms with Gasteiger partial charge in [-0.1, -0.05) is 12.8 Å². The van der Waals surface area contributed by atoms with Gasteiger partial charge in [0.1, 0.15) is 12.2 Å². The number of esters is 1. The van der Waals surface area contributed by atoms with Crippen molar-refractivity contribution in [2.75, 3.05) is 6.61 Å². The Labute approximate surface area is 107 Å². The highest BCUT2D eigenvalue weighted by Gasteiger charge is 2.28. The highest BCUT2D eigenvalue weighted by molar-refractivity contribution is 6.28. The Bertz CT molecular complexity index is 348. The number of ether oxygens (including phenoxy) is 2. The summed E-state index contributed by atoms with van der Waals surface area (Å²) in [6.07, 6.45) is 1.01. The third-order valence-electron chi connectivity index (χ3n) is 2.06. The van der Waals surface area contributed by atoms with Crippen molar-refractivity contribution >= 4 is 11.9 Å². The van der Waals surface area contributed by atoms with Gasteiger partial charge in [0.15, 0.2) is 0 Å². The van der Waals surface area contributed by atoms with Crippen LogP contribution in [0.2, 0.25) is 0 Å². The number of aliphatic carboxylic acids is 1. The summed E-state index contributed by atoms with van der Waals surface area (Å²) in [5.41, 5.74) is -0.882. The van der Waals surface area contributed by atoms with E-state index < -0.39 is 17.5 Å². The van der Waals surface area contributed by atoms with Crippen molar-refractivity contribution in [2.45, 2.75) is 52.2 Å². The predicted octanol–water partition coefficient (Wildman–Crippen LogP) is 1.60. The predicted molar refractivity (Wildman–Crippen MR) is 65.9 cm³/mol. The number of rotatable bonds is 5. The molecule has 0 bridgehead atoms. The first kappa shape index (κ1) is 16.5. The molecule has 0 saturated heterocycles. The van der Waals surface area contributed by atoms with Gasteiger partial charge in [0.05, 0.1) is 6.10 Å². The number of carbonyl (C=O) groups is 2. The molecule has 1 N–H and O–H groups in total. The third-order valence-corrected chi connectivity index (χ3v) is 2.06. The zero-order chi connectivity index (χ0) is 14.2. The molecule has 0 aliphatic rings. The fourth-order valence-electron chi connectivity index (χ4n) is 1.45. The zero-order valence-electron chi connectivity index (χ0n) is 11.3. The van der Waals surface area contributed by atoms with E-state index in [1.54, 1.807) is 13.8 Å². The average Bonchev–Trinajstić information content (AvgIpc) is 2.22. The summed E-state index contributed by atoms with van der Waals surface area (Å²) in [6, 6.07) is 0. The lowest BCUT2D eigenvalue weighted by Crippen LogP contribution is -2.35. The smallest absolute Gasteiger partial charge is 0.417 e. The molecule has 0 fully saturated rings. The number of carboxylic acids is 1. The first-order valence-electron chi connectivity index (χ1n) is 5.82. The molecule has 0 rings (SSSR count). The van der Waals surface area contributed by atoms with Gasteiger partial charge in [-0.05, 0) is 20.8 Å². The van der Waals surface area contributed by atoms with Crippen LogP contribution in [-0.4, -0.2) is 35.4 Å². The summed E-state index contributed by atoms with van der Waals surface area (Å²) in [6.45, 7) is 7.38. The normalized spacial score (nSPS) is 12.2. The van der Waals surface area contributed by atoms with Gasteiger partial charge in [0, 0.05) is 12.8 Å². The summed E-state index contributed by atoms with van der Waals surface area (Å²) in [5.74, 6) is 2.87. The highest BCUT2D eigenvalue weighted by Crippen LogP contribution is 2.18. The lowest BCUT2D eigenvalue weighted by Gasteiger charge is -2.27. The van der Waals surface area contributed by atoms with Crippen LogP contribution in [0.4, 0.5) is 0 Å². The molecule has 0 radical (unpaired) electrons. The zero-order valence-corrected chi connectivity index (χ0v) is 11.3. The molecule has 0 aromatic rings. The highest BCUT2D eigenvalue weighted by atomic mass is 16.6. The van der Waals surface area contributed by atoms with Crippen LogP contribution in [0.15, 0.2) is 0 Å². The van der Waals surface area contributed by atoms with E-state index in [1.807, 2.05) is 13.8 Å². The molecular formula is C13H20O5. The van der Waals surface area contributed by atoms with E-state index in [9.17, 15) is 9.59 Å². The summed E-state index contributed by atoms with van der Waals surface area (Å²) < 4.78 is 10.3. The molecule has 18 heavy (non-hydrogen) atoms. The van der Waals surface area contributed by atoms with E-state index in [0.717, 1.165) is 6.42 Å². The Kier molecular flexibility index (Phi) is 7.06. The van der Waals surface area contributed by atoms with E-state index in [2.05, 4.69) is 11.8 Å². The Hall–Kier alpha value is -1.54. The monoisotopic (exact) mass is 256 g/mol. The SMILES string of the molecule is CCC#CCOC(C)CC(C)(C)OC(=O)C(=O)O. The molecule has 0 spiro atoms. The molecule has 0 aromatic heterocycles. The molecule has 0 aliphatic heterocycles. The Morgan fingerprint density at radius 1 is 1.33 bits per heavy atom. The molecule has 1 unspecified atom stereocenters. The van der Waals surface area contributed by atoms with Crippen LogP contribution < -0.4 is 0 Å². The molecular weight excluding hydrogens is 236 g/mol. The van der Waals surface area contributed by atoms with Gasteiger partial charge in [-0.25, -0.2) is 9.59 Å². The van der Waals surface area contributed by atoms with Crippen LogP contribution in [0, 0.1) is 11.8 Å². The molecule has 0 heterocycles. The van der Waals surface area contributed by atoms with Crippen LogP contribution >= 0.6 is 0 Å². The molecule has 1 atom stereocenters. The Morgan fingerprint density at radius 2 is 1.94 bits per heavy atom. The molecule has 0 saturated carbocycles. The molecule has 0 amide bonds. The third kappa shape index (κ3) is 7.69. The van der Waals surface area contributed by atoms with Crippen molar-refractivity contribution in [3.8, 4) is 11.8 Å². The van der Waals surface area contributed by atoms with E-state index in [0.29, 0.717) is 13.0 Å². The van der Waals surface area contributed by atoms with E-state index in [4.69, 9.17) is 14.6 Å². The topological polar surface area (TPSA) is 72.8 Å². The molecule has 0 aliphatic carbocycles. The Morgan fingerprint density at radius 3 is 2.44 bits per heavy atom. The van der Waals surface area contributed by atoms with Gasteiger partial charge in [0.25, 0.3) is 0 Å². The Balaban J connectivity index is 4.14. The van der Waals surface area contributed by atoms with Crippen LogP contribution in [0.25, 0.3) is 0 Å². The summed E-state index contributed by atoms with van der Waals surface area (Å²) in [4.78, 5) is 21.3. The van der Waals surface area contributed by atoms with Gasteiger partial charge in [-0.15, -0.1) is 5.92 Å². The summed E-state index contributed by atoms with van der Waals surface area (Å²) in [7, 11) is 0. The fraction of sp³-hybridized carbons (Fsp3) is 0.692. The lowest BCUT2D eigenvalue weighted by atomic mass is 10.0. The summed E-state index contributed by atoms with van der Waals surface area (Å²) >= 11 is 0. The fourth-order valence-corrected chi connectivity index (χ4v) is 1.45. The van der Waals surface area contributed by atoms with Crippen LogP contribution in [0.1, 0.15) is 40.5 Å². The number of hydrogen-bond acceptors (Lipinski definition) is 4. The molecule has 0 aromatic carbocycles. The maximum atomic E-state index is 11.0. The largest absolute Gasteiger partial charge is 0.473 e. The van der Waals surface area contributed by atoms with E-state index in [-0.39, 0.29) is 6.10 Å². The van der Waals surface area contributed by atoms with Crippen molar-refractivity contribution in [1.82, 2.24) is 0 Å². The standard InChI is InChI=1S/C13H20O5/c1-5-6-7-8-17-10(2)9-13(3,4)18-12(16)11(14)15/h10H,5,8-9H2,1-4H3,(H,14,15). The van der Waals surface area contributed by atoms with Gasteiger partial charge in [-0.2, -0.15) is 0 Å². The van der Waals surface area contributed by atoms with Crippen LogP contribution in [0.5, 0.6) is 0 Å². The molecule has 5 nitrogen and oxygen atoms in total. The first-order valence-corrected chi connectivity index (χ1v) is 5.82.